The van der Waals surface area contributed by atoms with Gasteiger partial charge in [0.2, 0.25) is 0 Å². The SMILES string of the molecule is Cc1ccc(N(c2ccccc2-c2ccccc2)[N+](c2ccccc2)(c2ccccc2)c2ccccc2)cc1. The molecule has 6 rings (SSSR count). The van der Waals surface area contributed by atoms with Crippen LogP contribution < -0.4 is 9.60 Å². The number of nitrogens with zero attached hydrogens (tertiary/aromatic N) is 2. The predicted molar refractivity (Wildman–Crippen MR) is 166 cm³/mol. The van der Waals surface area contributed by atoms with E-state index in [0.717, 1.165) is 28.4 Å². The van der Waals surface area contributed by atoms with E-state index in [-0.39, 0.29) is 0 Å². The topological polar surface area (TPSA) is 3.24 Å². The van der Waals surface area contributed by atoms with E-state index in [9.17, 15) is 0 Å². The highest BCUT2D eigenvalue weighted by atomic mass is 15.8. The van der Waals surface area contributed by atoms with Crippen molar-refractivity contribution in [1.82, 2.24) is 4.59 Å². The van der Waals surface area contributed by atoms with Crippen molar-refractivity contribution in [2.24, 2.45) is 0 Å². The number of hydrogen-bond acceptors (Lipinski definition) is 1. The van der Waals surface area contributed by atoms with Crippen molar-refractivity contribution in [2.75, 3.05) is 5.01 Å². The molecule has 6 aromatic rings. The number of rotatable bonds is 7. The van der Waals surface area contributed by atoms with E-state index in [0.29, 0.717) is 4.59 Å². The second-order valence-electron chi connectivity index (χ2n) is 9.67. The first-order valence-corrected chi connectivity index (χ1v) is 13.4. The van der Waals surface area contributed by atoms with Crippen molar-refractivity contribution in [3.8, 4) is 11.1 Å². The van der Waals surface area contributed by atoms with Crippen LogP contribution in [-0.4, -0.2) is 0 Å². The fraction of sp³-hybridized carbons (Fsp3) is 0.0270. The van der Waals surface area contributed by atoms with Gasteiger partial charge in [-0.15, -0.1) is 4.59 Å². The molecule has 39 heavy (non-hydrogen) atoms. The summed E-state index contributed by atoms with van der Waals surface area (Å²) in [5, 5.41) is 2.47. The molecule has 0 aromatic heterocycles. The summed E-state index contributed by atoms with van der Waals surface area (Å²) in [7, 11) is 0. The Hall–Kier alpha value is -4.92. The Balaban J connectivity index is 1.78. The van der Waals surface area contributed by atoms with Crippen molar-refractivity contribution in [2.45, 2.75) is 6.92 Å². The van der Waals surface area contributed by atoms with Gasteiger partial charge in [0.05, 0.1) is 5.69 Å². The molecule has 0 bridgehead atoms. The molecule has 0 aliphatic heterocycles. The minimum Gasteiger partial charge on any atom is -0.176 e. The molecule has 188 valence electrons. The average Bonchev–Trinajstić information content (AvgIpc) is 3.02. The van der Waals surface area contributed by atoms with Crippen molar-refractivity contribution < 1.29 is 0 Å². The molecule has 0 unspecified atom stereocenters. The molecule has 0 spiro atoms. The van der Waals surface area contributed by atoms with Crippen LogP contribution in [0.25, 0.3) is 11.1 Å². The lowest BCUT2D eigenvalue weighted by atomic mass is 10.0. The molecule has 0 N–H and O–H groups in total. The third-order valence-corrected chi connectivity index (χ3v) is 7.19. The summed E-state index contributed by atoms with van der Waals surface area (Å²) in [6.45, 7) is 2.14. The Morgan fingerprint density at radius 3 is 1.31 bits per heavy atom. The minimum atomic E-state index is 0.357. The van der Waals surface area contributed by atoms with Crippen LogP contribution in [0.1, 0.15) is 5.56 Å². The van der Waals surface area contributed by atoms with Crippen molar-refractivity contribution in [3.05, 3.63) is 175 Å². The zero-order chi connectivity index (χ0) is 26.5. The quantitative estimate of drug-likeness (QED) is 0.155. The number of para-hydroxylation sites is 4. The second kappa shape index (κ2) is 10.8. The van der Waals surface area contributed by atoms with Crippen LogP contribution in [0.2, 0.25) is 0 Å². The summed E-state index contributed by atoms with van der Waals surface area (Å²) in [4.78, 5) is 0. The van der Waals surface area contributed by atoms with Gasteiger partial charge in [-0.1, -0.05) is 121 Å². The third kappa shape index (κ3) is 4.52. The van der Waals surface area contributed by atoms with Crippen molar-refractivity contribution >= 4 is 28.4 Å². The first-order chi connectivity index (χ1) is 19.3. The van der Waals surface area contributed by atoms with Crippen LogP contribution in [0.15, 0.2) is 170 Å². The summed E-state index contributed by atoms with van der Waals surface area (Å²) in [6, 6.07) is 60.7. The maximum absolute atomic E-state index is 2.47. The Kier molecular flexibility index (Phi) is 6.78. The molecule has 0 aliphatic carbocycles. The van der Waals surface area contributed by atoms with Crippen LogP contribution in [0.3, 0.4) is 0 Å². The molecule has 0 atom stereocenters. The average molecular weight is 504 g/mol. The van der Waals surface area contributed by atoms with E-state index in [1.807, 2.05) is 0 Å². The fourth-order valence-corrected chi connectivity index (χ4v) is 5.40. The van der Waals surface area contributed by atoms with Crippen LogP contribution in [0, 0.1) is 6.92 Å². The molecular formula is C37H31N2+. The lowest BCUT2D eigenvalue weighted by Crippen LogP contribution is -2.52. The van der Waals surface area contributed by atoms with Gasteiger partial charge in [-0.05, 0) is 30.7 Å². The van der Waals surface area contributed by atoms with Gasteiger partial charge >= 0.3 is 0 Å². The summed E-state index contributed by atoms with van der Waals surface area (Å²) >= 11 is 0. The first kappa shape index (κ1) is 24.4. The van der Waals surface area contributed by atoms with Crippen LogP contribution in [0.5, 0.6) is 0 Å². The molecule has 2 heteroatoms. The zero-order valence-corrected chi connectivity index (χ0v) is 22.1. The van der Waals surface area contributed by atoms with Crippen LogP contribution in [0.4, 0.5) is 28.4 Å². The van der Waals surface area contributed by atoms with Crippen molar-refractivity contribution in [1.29, 1.82) is 0 Å². The van der Waals surface area contributed by atoms with Crippen LogP contribution in [-0.2, 0) is 0 Å². The molecule has 0 saturated heterocycles. The summed E-state index contributed by atoms with van der Waals surface area (Å²) in [5.41, 5.74) is 9.20. The molecule has 0 radical (unpaired) electrons. The Labute approximate surface area is 231 Å². The normalized spacial score (nSPS) is 11.2. The van der Waals surface area contributed by atoms with Gasteiger partial charge < -0.3 is 0 Å². The predicted octanol–water partition coefficient (Wildman–Crippen LogP) is 10.4. The standard InChI is InChI=1S/C37H31N2/c1-30-26-28-32(29-27-30)38(37-25-15-14-24-36(37)31-16-6-2-7-17-31)39(33-18-8-3-9-19-33,34-20-10-4-11-21-34)35-22-12-5-13-23-35/h2-29H,1H3/q+1. The van der Waals surface area contributed by atoms with Crippen molar-refractivity contribution in [3.63, 3.8) is 0 Å². The molecular weight excluding hydrogens is 472 g/mol. The maximum Gasteiger partial charge on any atom is 0.168 e. The largest absolute Gasteiger partial charge is 0.176 e. The Morgan fingerprint density at radius 1 is 0.410 bits per heavy atom. The van der Waals surface area contributed by atoms with Gasteiger partial charge in [-0.25, -0.2) is 0 Å². The lowest BCUT2D eigenvalue weighted by molar-refractivity contribution is 0.528. The monoisotopic (exact) mass is 503 g/mol. The van der Waals surface area contributed by atoms with E-state index in [1.165, 1.54) is 16.7 Å². The molecule has 0 saturated carbocycles. The number of anilines is 2. The van der Waals surface area contributed by atoms with E-state index in [4.69, 9.17) is 0 Å². The summed E-state index contributed by atoms with van der Waals surface area (Å²) in [5.74, 6) is 0. The number of benzene rings is 6. The molecule has 0 amide bonds. The second-order valence-corrected chi connectivity index (χ2v) is 9.67. The van der Waals surface area contributed by atoms with E-state index in [2.05, 4.69) is 182 Å². The molecule has 6 aromatic carbocycles. The number of hydrogen-bond donors (Lipinski definition) is 0. The molecule has 0 heterocycles. The lowest BCUT2D eigenvalue weighted by Gasteiger charge is -2.46. The van der Waals surface area contributed by atoms with Gasteiger partial charge in [0, 0.05) is 42.0 Å². The zero-order valence-electron chi connectivity index (χ0n) is 22.1. The van der Waals surface area contributed by atoms with Gasteiger partial charge in [0.1, 0.15) is 5.69 Å². The minimum absolute atomic E-state index is 0.357. The smallest absolute Gasteiger partial charge is 0.168 e. The highest BCUT2D eigenvalue weighted by Gasteiger charge is 2.45. The van der Waals surface area contributed by atoms with Crippen LogP contribution >= 0.6 is 0 Å². The highest BCUT2D eigenvalue weighted by molar-refractivity contribution is 5.88. The fourth-order valence-electron chi connectivity index (χ4n) is 5.40. The van der Waals surface area contributed by atoms with E-state index >= 15 is 0 Å². The molecule has 0 fully saturated rings. The highest BCUT2D eigenvalue weighted by Crippen LogP contribution is 2.51. The van der Waals surface area contributed by atoms with Gasteiger partial charge in [-0.2, -0.15) is 5.01 Å². The number of quaternary nitrogens is 1. The molecule has 0 aliphatic rings. The van der Waals surface area contributed by atoms with E-state index in [1.54, 1.807) is 0 Å². The molecule has 2 nitrogen and oxygen atoms in total. The maximum atomic E-state index is 2.47. The van der Waals surface area contributed by atoms with Gasteiger partial charge in [-0.3, -0.25) is 0 Å². The summed E-state index contributed by atoms with van der Waals surface area (Å²) < 4.78 is 0.357. The summed E-state index contributed by atoms with van der Waals surface area (Å²) in [6.07, 6.45) is 0. The first-order valence-electron chi connectivity index (χ1n) is 13.4. The Morgan fingerprint density at radius 2 is 0.821 bits per heavy atom. The Bertz CT molecular complexity index is 1530. The van der Waals surface area contributed by atoms with Gasteiger partial charge in [0.15, 0.2) is 17.1 Å². The van der Waals surface area contributed by atoms with Gasteiger partial charge in [0.25, 0.3) is 0 Å². The number of aryl methyl sites for hydroxylation is 1. The third-order valence-electron chi connectivity index (χ3n) is 7.19. The van der Waals surface area contributed by atoms with E-state index < -0.39 is 0 Å².